The molecule has 3 aromatic carbocycles. The van der Waals surface area contributed by atoms with E-state index in [1.807, 2.05) is 77.7 Å². The molecule has 1 fully saturated rings. The first kappa shape index (κ1) is 19.2. The quantitative estimate of drug-likeness (QED) is 0.597. The summed E-state index contributed by atoms with van der Waals surface area (Å²) in [6.07, 6.45) is 2.38. The van der Waals surface area contributed by atoms with Crippen molar-refractivity contribution >= 4 is 22.6 Å². The smallest absolute Gasteiger partial charge is 0.311 e. The van der Waals surface area contributed by atoms with Crippen LogP contribution in [0.15, 0.2) is 72.8 Å². The van der Waals surface area contributed by atoms with E-state index in [1.165, 1.54) is 0 Å². The van der Waals surface area contributed by atoms with Crippen LogP contribution in [0.25, 0.3) is 10.8 Å². The molecular weight excluding hydrogens is 362 g/mol. The lowest BCUT2D eigenvalue weighted by atomic mass is 10.0. The van der Waals surface area contributed by atoms with Crippen molar-refractivity contribution in [3.05, 3.63) is 83.9 Å². The van der Waals surface area contributed by atoms with Crippen LogP contribution in [0, 0.1) is 0 Å². The van der Waals surface area contributed by atoms with E-state index in [4.69, 9.17) is 4.74 Å². The highest BCUT2D eigenvalue weighted by Gasteiger charge is 2.30. The number of carbonyl (C=O) groups excluding carboxylic acids is 2. The molecule has 0 radical (unpaired) electrons. The lowest BCUT2D eigenvalue weighted by Gasteiger charge is -2.30. The topological polar surface area (TPSA) is 46.6 Å². The minimum absolute atomic E-state index is 0.123. The lowest BCUT2D eigenvalue weighted by Crippen LogP contribution is -2.40. The van der Waals surface area contributed by atoms with Crippen molar-refractivity contribution in [2.75, 3.05) is 13.1 Å². The van der Waals surface area contributed by atoms with Gasteiger partial charge in [0.1, 0.15) is 0 Å². The predicted octanol–water partition coefficient (Wildman–Crippen LogP) is 4.68. The summed E-state index contributed by atoms with van der Waals surface area (Å²) in [6.45, 7) is 1.45. The molecule has 0 aliphatic carbocycles. The Morgan fingerprint density at radius 1 is 0.828 bits per heavy atom. The fourth-order valence-electron chi connectivity index (χ4n) is 3.94. The van der Waals surface area contributed by atoms with Crippen LogP contribution in [-0.2, 0) is 20.7 Å². The highest BCUT2D eigenvalue weighted by molar-refractivity contribution is 5.90. The van der Waals surface area contributed by atoms with Crippen molar-refractivity contribution in [2.45, 2.75) is 31.8 Å². The van der Waals surface area contributed by atoms with E-state index in [1.54, 1.807) is 0 Å². The molecule has 0 aromatic heterocycles. The number of likely N-dealkylation sites (tertiary alicyclic amines) is 1. The molecule has 0 saturated carbocycles. The molecular formula is C25H25NO3. The molecule has 29 heavy (non-hydrogen) atoms. The third-order valence-electron chi connectivity index (χ3n) is 5.46. The van der Waals surface area contributed by atoms with Crippen molar-refractivity contribution in [3.63, 3.8) is 0 Å². The molecule has 4 rings (SSSR count). The molecule has 0 N–H and O–H groups in total. The molecule has 1 heterocycles. The molecule has 0 bridgehead atoms. The monoisotopic (exact) mass is 387 g/mol. The van der Waals surface area contributed by atoms with E-state index in [2.05, 4.69) is 0 Å². The number of hydrogen-bond acceptors (Lipinski definition) is 3. The molecule has 3 aromatic rings. The maximum atomic E-state index is 13.1. The molecule has 1 saturated heterocycles. The second kappa shape index (κ2) is 8.91. The van der Waals surface area contributed by atoms with Crippen LogP contribution in [0.5, 0.6) is 0 Å². The highest BCUT2D eigenvalue weighted by atomic mass is 16.5. The minimum atomic E-state index is -0.892. The van der Waals surface area contributed by atoms with E-state index >= 15 is 0 Å². The number of piperidine rings is 1. The third kappa shape index (κ3) is 4.48. The number of carbonyl (C=O) groups is 2. The number of nitrogens with zero attached hydrogens (tertiary/aromatic N) is 1. The molecule has 1 aliphatic heterocycles. The number of rotatable bonds is 5. The highest BCUT2D eigenvalue weighted by Crippen LogP contribution is 2.25. The summed E-state index contributed by atoms with van der Waals surface area (Å²) in [5.41, 5.74) is 1.62. The largest absolute Gasteiger partial charge is 0.447 e. The fourth-order valence-corrected chi connectivity index (χ4v) is 3.94. The Balaban J connectivity index is 1.55. The van der Waals surface area contributed by atoms with Gasteiger partial charge in [-0.3, -0.25) is 9.59 Å². The standard InChI is InChI=1S/C25H25NO3/c27-23(18-21-14-9-13-19-10-5-6-15-22(19)21)29-24(20-11-3-1-4-12-20)25(28)26-16-7-2-8-17-26/h1,3-6,9-15,24H,2,7-8,16-18H2/t24-/m1/s1. The van der Waals surface area contributed by atoms with E-state index in [0.717, 1.165) is 48.7 Å². The Bertz CT molecular complexity index is 988. The fraction of sp³-hybridized carbons (Fsp3) is 0.280. The Morgan fingerprint density at radius 3 is 2.31 bits per heavy atom. The van der Waals surface area contributed by atoms with Gasteiger partial charge < -0.3 is 9.64 Å². The second-order valence-electron chi connectivity index (χ2n) is 7.48. The van der Waals surface area contributed by atoms with Crippen molar-refractivity contribution in [1.82, 2.24) is 4.90 Å². The van der Waals surface area contributed by atoms with Crippen LogP contribution in [0.3, 0.4) is 0 Å². The normalized spacial score (nSPS) is 15.1. The number of amides is 1. The van der Waals surface area contributed by atoms with Gasteiger partial charge in [-0.1, -0.05) is 72.8 Å². The first-order chi connectivity index (χ1) is 14.2. The summed E-state index contributed by atoms with van der Waals surface area (Å²) in [5, 5.41) is 2.12. The Kier molecular flexibility index (Phi) is 5.89. The van der Waals surface area contributed by atoms with Gasteiger partial charge in [0.2, 0.25) is 6.10 Å². The summed E-state index contributed by atoms with van der Waals surface area (Å²) < 4.78 is 5.77. The van der Waals surface area contributed by atoms with Gasteiger partial charge in [-0.05, 0) is 35.6 Å². The van der Waals surface area contributed by atoms with Gasteiger partial charge in [0.15, 0.2) is 0 Å². The number of esters is 1. The first-order valence-electron chi connectivity index (χ1n) is 10.2. The maximum absolute atomic E-state index is 13.1. The van der Waals surface area contributed by atoms with Crippen LogP contribution in [-0.4, -0.2) is 29.9 Å². The average molecular weight is 387 g/mol. The van der Waals surface area contributed by atoms with Crippen molar-refractivity contribution < 1.29 is 14.3 Å². The SMILES string of the molecule is O=C(Cc1cccc2ccccc12)O[C@@H](C(=O)N1CCCCC1)c1ccccc1. The molecule has 0 unspecified atom stereocenters. The summed E-state index contributed by atoms with van der Waals surface area (Å²) in [5.74, 6) is -0.511. The van der Waals surface area contributed by atoms with Gasteiger partial charge in [0.05, 0.1) is 6.42 Å². The molecule has 0 spiro atoms. The minimum Gasteiger partial charge on any atom is -0.447 e. The van der Waals surface area contributed by atoms with Gasteiger partial charge in [-0.25, -0.2) is 0 Å². The van der Waals surface area contributed by atoms with Crippen LogP contribution >= 0.6 is 0 Å². The Labute approximate surface area is 171 Å². The van der Waals surface area contributed by atoms with Crippen LogP contribution in [0.2, 0.25) is 0 Å². The van der Waals surface area contributed by atoms with E-state index in [9.17, 15) is 9.59 Å². The summed E-state index contributed by atoms with van der Waals surface area (Å²) in [6, 6.07) is 23.2. The van der Waals surface area contributed by atoms with Crippen molar-refractivity contribution in [1.29, 1.82) is 0 Å². The number of ether oxygens (including phenoxy) is 1. The van der Waals surface area contributed by atoms with Gasteiger partial charge in [0.25, 0.3) is 5.91 Å². The average Bonchev–Trinajstić information content (AvgIpc) is 2.78. The molecule has 4 nitrogen and oxygen atoms in total. The van der Waals surface area contributed by atoms with Gasteiger partial charge >= 0.3 is 5.97 Å². The second-order valence-corrected chi connectivity index (χ2v) is 7.48. The van der Waals surface area contributed by atoms with Gasteiger partial charge in [-0.15, -0.1) is 0 Å². The van der Waals surface area contributed by atoms with Crippen molar-refractivity contribution in [2.24, 2.45) is 0 Å². The number of hydrogen-bond donors (Lipinski definition) is 0. The van der Waals surface area contributed by atoms with Crippen molar-refractivity contribution in [3.8, 4) is 0 Å². The summed E-state index contributed by atoms with van der Waals surface area (Å²) in [4.78, 5) is 27.8. The maximum Gasteiger partial charge on any atom is 0.311 e. The molecule has 1 atom stereocenters. The number of fused-ring (bicyclic) bond motifs is 1. The van der Waals surface area contributed by atoms with E-state index in [-0.39, 0.29) is 18.3 Å². The van der Waals surface area contributed by atoms with Crippen LogP contribution in [0.4, 0.5) is 0 Å². The zero-order valence-corrected chi connectivity index (χ0v) is 16.4. The van der Waals surface area contributed by atoms with E-state index in [0.29, 0.717) is 5.56 Å². The molecule has 1 amide bonds. The zero-order chi connectivity index (χ0) is 20.1. The molecule has 1 aliphatic rings. The Morgan fingerprint density at radius 2 is 1.52 bits per heavy atom. The molecule has 4 heteroatoms. The third-order valence-corrected chi connectivity index (χ3v) is 5.46. The first-order valence-corrected chi connectivity index (χ1v) is 10.2. The van der Waals surface area contributed by atoms with Crippen LogP contribution in [0.1, 0.15) is 36.5 Å². The lowest BCUT2D eigenvalue weighted by molar-refractivity contribution is -0.160. The summed E-state index contributed by atoms with van der Waals surface area (Å²) >= 11 is 0. The zero-order valence-electron chi connectivity index (χ0n) is 16.4. The van der Waals surface area contributed by atoms with E-state index < -0.39 is 6.10 Å². The number of benzene rings is 3. The summed E-state index contributed by atoms with van der Waals surface area (Å²) in [7, 11) is 0. The molecule has 148 valence electrons. The van der Waals surface area contributed by atoms with Gasteiger partial charge in [0, 0.05) is 18.7 Å². The Hall–Kier alpha value is -3.14. The van der Waals surface area contributed by atoms with Gasteiger partial charge in [-0.2, -0.15) is 0 Å². The predicted molar refractivity (Wildman–Crippen MR) is 113 cm³/mol. The van der Waals surface area contributed by atoms with Crippen LogP contribution < -0.4 is 0 Å².